The third kappa shape index (κ3) is 2.69. The highest BCUT2D eigenvalue weighted by molar-refractivity contribution is 5.83. The summed E-state index contributed by atoms with van der Waals surface area (Å²) in [5, 5.41) is 13.4. The summed E-state index contributed by atoms with van der Waals surface area (Å²) in [4.78, 5) is 12.1. The monoisotopic (exact) mass is 254 g/mol. The molecule has 104 valence electrons. The van der Waals surface area contributed by atoms with E-state index in [0.717, 1.165) is 44.9 Å². The smallest absolute Gasteiger partial charge is 0.227 e. The van der Waals surface area contributed by atoms with Gasteiger partial charge in [0.1, 0.15) is 0 Å². The van der Waals surface area contributed by atoms with Gasteiger partial charge < -0.3 is 16.2 Å². The first kappa shape index (κ1) is 13.8. The zero-order valence-electron chi connectivity index (χ0n) is 11.4. The molecule has 2 aliphatic rings. The molecule has 2 fully saturated rings. The molecular weight excluding hydrogens is 228 g/mol. The predicted molar refractivity (Wildman–Crippen MR) is 70.9 cm³/mol. The summed E-state index contributed by atoms with van der Waals surface area (Å²) in [6, 6.07) is 0. The largest absolute Gasteiger partial charge is 0.388 e. The van der Waals surface area contributed by atoms with Crippen LogP contribution in [0.3, 0.4) is 0 Å². The van der Waals surface area contributed by atoms with Crippen molar-refractivity contribution in [3.8, 4) is 0 Å². The van der Waals surface area contributed by atoms with Crippen molar-refractivity contribution < 1.29 is 9.90 Å². The fourth-order valence-corrected chi connectivity index (χ4v) is 3.04. The van der Waals surface area contributed by atoms with Crippen LogP contribution in [0, 0.1) is 11.3 Å². The SMILES string of the molecule is CC1CCC(O)(CNC(=O)C2(CN)CCC2)CC1. The molecule has 1 amide bonds. The van der Waals surface area contributed by atoms with Crippen molar-refractivity contribution in [1.29, 1.82) is 0 Å². The minimum absolute atomic E-state index is 0.0447. The Morgan fingerprint density at radius 1 is 1.33 bits per heavy atom. The highest BCUT2D eigenvalue weighted by Gasteiger charge is 2.43. The number of amides is 1. The Hall–Kier alpha value is -0.610. The normalized spacial score (nSPS) is 34.7. The van der Waals surface area contributed by atoms with Gasteiger partial charge in [0.05, 0.1) is 11.0 Å². The Morgan fingerprint density at radius 2 is 1.94 bits per heavy atom. The molecule has 4 N–H and O–H groups in total. The molecule has 0 saturated heterocycles. The lowest BCUT2D eigenvalue weighted by molar-refractivity contribution is -0.136. The van der Waals surface area contributed by atoms with Gasteiger partial charge in [0, 0.05) is 13.1 Å². The van der Waals surface area contributed by atoms with E-state index in [-0.39, 0.29) is 11.3 Å². The third-order valence-corrected chi connectivity index (χ3v) is 4.97. The molecule has 2 aliphatic carbocycles. The molecule has 2 rings (SSSR count). The second kappa shape index (κ2) is 5.17. The molecule has 18 heavy (non-hydrogen) atoms. The standard InChI is InChI=1S/C14H26N2O2/c1-11-3-7-14(18,8-4-11)10-16-12(17)13(9-15)5-2-6-13/h11,18H,2-10,15H2,1H3,(H,16,17). The second-order valence-corrected chi connectivity index (χ2v) is 6.43. The van der Waals surface area contributed by atoms with Crippen LogP contribution in [-0.4, -0.2) is 29.7 Å². The summed E-state index contributed by atoms with van der Waals surface area (Å²) in [5.41, 5.74) is 4.68. The van der Waals surface area contributed by atoms with Crippen molar-refractivity contribution >= 4 is 5.91 Å². The summed E-state index contributed by atoms with van der Waals surface area (Å²) in [5.74, 6) is 0.742. The molecule has 0 aromatic carbocycles. The van der Waals surface area contributed by atoms with Crippen LogP contribution in [0.2, 0.25) is 0 Å². The van der Waals surface area contributed by atoms with Gasteiger partial charge in [-0.05, 0) is 44.4 Å². The minimum atomic E-state index is -0.693. The molecule has 4 nitrogen and oxygen atoms in total. The molecule has 0 heterocycles. The van der Waals surface area contributed by atoms with E-state index < -0.39 is 5.60 Å². The van der Waals surface area contributed by atoms with Crippen molar-refractivity contribution in [2.75, 3.05) is 13.1 Å². The fraction of sp³-hybridized carbons (Fsp3) is 0.929. The Morgan fingerprint density at radius 3 is 2.39 bits per heavy atom. The van der Waals surface area contributed by atoms with E-state index in [2.05, 4.69) is 12.2 Å². The molecule has 4 heteroatoms. The lowest BCUT2D eigenvalue weighted by Gasteiger charge is -2.41. The average Bonchev–Trinajstić information content (AvgIpc) is 2.30. The van der Waals surface area contributed by atoms with Crippen LogP contribution >= 0.6 is 0 Å². The molecule has 0 aromatic heterocycles. The van der Waals surface area contributed by atoms with Crippen molar-refractivity contribution in [2.24, 2.45) is 17.1 Å². The molecule has 2 saturated carbocycles. The van der Waals surface area contributed by atoms with Crippen LogP contribution in [0.15, 0.2) is 0 Å². The van der Waals surface area contributed by atoms with Gasteiger partial charge in [0.25, 0.3) is 0 Å². The number of nitrogens with two attached hydrogens (primary N) is 1. The van der Waals surface area contributed by atoms with E-state index in [4.69, 9.17) is 5.73 Å². The van der Waals surface area contributed by atoms with Crippen LogP contribution < -0.4 is 11.1 Å². The predicted octanol–water partition coefficient (Wildman–Crippen LogP) is 1.17. The van der Waals surface area contributed by atoms with Crippen LogP contribution in [0.5, 0.6) is 0 Å². The lowest BCUT2D eigenvalue weighted by Crippen LogP contribution is -2.54. The zero-order chi connectivity index (χ0) is 13.2. The molecule has 0 aliphatic heterocycles. The fourth-order valence-electron chi connectivity index (χ4n) is 3.04. The Labute approximate surface area is 109 Å². The van der Waals surface area contributed by atoms with Gasteiger partial charge in [0.2, 0.25) is 5.91 Å². The van der Waals surface area contributed by atoms with E-state index in [1.807, 2.05) is 0 Å². The number of hydrogen-bond acceptors (Lipinski definition) is 3. The number of hydrogen-bond donors (Lipinski definition) is 3. The average molecular weight is 254 g/mol. The zero-order valence-corrected chi connectivity index (χ0v) is 11.4. The van der Waals surface area contributed by atoms with E-state index in [1.165, 1.54) is 0 Å². The lowest BCUT2D eigenvalue weighted by atomic mass is 9.68. The van der Waals surface area contributed by atoms with E-state index in [0.29, 0.717) is 19.0 Å². The first-order chi connectivity index (χ1) is 8.50. The molecular formula is C14H26N2O2. The molecule has 0 bridgehead atoms. The Kier molecular flexibility index (Phi) is 3.97. The maximum atomic E-state index is 12.1. The summed E-state index contributed by atoms with van der Waals surface area (Å²) in [6.45, 7) is 3.03. The number of carbonyl (C=O) groups excluding carboxylic acids is 1. The van der Waals surface area contributed by atoms with Gasteiger partial charge in [-0.3, -0.25) is 4.79 Å². The quantitative estimate of drug-likeness (QED) is 0.705. The second-order valence-electron chi connectivity index (χ2n) is 6.43. The van der Waals surface area contributed by atoms with Gasteiger partial charge in [-0.2, -0.15) is 0 Å². The summed E-state index contributed by atoms with van der Waals surface area (Å²) in [7, 11) is 0. The molecule has 0 spiro atoms. The van der Waals surface area contributed by atoms with Crippen molar-refractivity contribution in [1.82, 2.24) is 5.32 Å². The van der Waals surface area contributed by atoms with Crippen LogP contribution in [0.4, 0.5) is 0 Å². The minimum Gasteiger partial charge on any atom is -0.388 e. The molecule has 0 unspecified atom stereocenters. The maximum absolute atomic E-state index is 12.1. The van der Waals surface area contributed by atoms with Crippen LogP contribution in [-0.2, 0) is 4.79 Å². The van der Waals surface area contributed by atoms with Gasteiger partial charge in [-0.15, -0.1) is 0 Å². The Bertz CT molecular complexity index is 299. The summed E-state index contributed by atoms with van der Waals surface area (Å²) in [6.07, 6.45) is 6.57. The van der Waals surface area contributed by atoms with Crippen LogP contribution in [0.1, 0.15) is 51.9 Å². The highest BCUT2D eigenvalue weighted by Crippen LogP contribution is 2.40. The van der Waals surface area contributed by atoms with Crippen molar-refractivity contribution in [3.05, 3.63) is 0 Å². The molecule has 0 radical (unpaired) electrons. The molecule has 0 aromatic rings. The third-order valence-electron chi connectivity index (χ3n) is 4.97. The van der Waals surface area contributed by atoms with E-state index >= 15 is 0 Å². The maximum Gasteiger partial charge on any atom is 0.227 e. The number of carbonyl (C=O) groups is 1. The number of rotatable bonds is 4. The van der Waals surface area contributed by atoms with Crippen molar-refractivity contribution in [3.63, 3.8) is 0 Å². The number of nitrogens with one attached hydrogen (secondary N) is 1. The van der Waals surface area contributed by atoms with Crippen molar-refractivity contribution in [2.45, 2.75) is 57.5 Å². The van der Waals surface area contributed by atoms with Gasteiger partial charge in [-0.25, -0.2) is 0 Å². The summed E-state index contributed by atoms with van der Waals surface area (Å²) >= 11 is 0. The van der Waals surface area contributed by atoms with E-state index in [1.54, 1.807) is 0 Å². The van der Waals surface area contributed by atoms with Gasteiger partial charge >= 0.3 is 0 Å². The topological polar surface area (TPSA) is 75.3 Å². The Balaban J connectivity index is 1.82. The highest BCUT2D eigenvalue weighted by atomic mass is 16.3. The summed E-state index contributed by atoms with van der Waals surface area (Å²) < 4.78 is 0. The number of aliphatic hydroxyl groups is 1. The van der Waals surface area contributed by atoms with Crippen LogP contribution in [0.25, 0.3) is 0 Å². The van der Waals surface area contributed by atoms with E-state index in [9.17, 15) is 9.90 Å². The first-order valence-corrected chi connectivity index (χ1v) is 7.20. The first-order valence-electron chi connectivity index (χ1n) is 7.20. The van der Waals surface area contributed by atoms with Gasteiger partial charge in [-0.1, -0.05) is 13.3 Å². The van der Waals surface area contributed by atoms with Gasteiger partial charge in [0.15, 0.2) is 0 Å². The molecule has 0 atom stereocenters.